The number of carbonyl (C=O) groups excluding carboxylic acids is 13. The molecule has 32 nitrogen and oxygen atoms in total. The van der Waals surface area contributed by atoms with Gasteiger partial charge in [0.15, 0.2) is 0 Å². The molecule has 13 amide bonds. The van der Waals surface area contributed by atoms with Gasteiger partial charge in [-0.05, 0) is 118 Å². The van der Waals surface area contributed by atoms with Crippen LogP contribution in [0.25, 0.3) is 0 Å². The van der Waals surface area contributed by atoms with Gasteiger partial charge in [0.25, 0.3) is 11.8 Å². The molecule has 0 unspecified atom stereocenters. The third-order valence-corrected chi connectivity index (χ3v) is 15.1. The van der Waals surface area contributed by atoms with Gasteiger partial charge in [-0.1, -0.05) is 60.1 Å². The van der Waals surface area contributed by atoms with Crippen molar-refractivity contribution >= 4 is 82.5 Å². The van der Waals surface area contributed by atoms with Crippen LogP contribution in [0.15, 0.2) is 42.5 Å². The maximum Gasteiger partial charge on any atom is 0.313 e. The van der Waals surface area contributed by atoms with Crippen LogP contribution in [0.2, 0.25) is 0 Å². The zero-order valence-electron chi connectivity index (χ0n) is 53.4. The molecule has 92 heavy (non-hydrogen) atoms. The second kappa shape index (κ2) is 38.6. The number of hydrogen-bond donors (Lipinski definition) is 18. The molecule has 510 valence electrons. The van der Waals surface area contributed by atoms with Crippen molar-refractivity contribution in [3.8, 4) is 11.5 Å². The number of hydrogen-bond acceptors (Lipinski definition) is 19. The molecular weight excluding hydrogens is 1200 g/mol. The second-order valence-electron chi connectivity index (χ2n) is 23.3. The van der Waals surface area contributed by atoms with Crippen LogP contribution >= 0.6 is 0 Å². The summed E-state index contributed by atoms with van der Waals surface area (Å²) in [5.74, 6) is -13.9. The zero-order valence-corrected chi connectivity index (χ0v) is 53.4. The van der Waals surface area contributed by atoms with Crippen molar-refractivity contribution in [2.45, 2.75) is 180 Å². The van der Waals surface area contributed by atoms with E-state index < -0.39 is 161 Å². The Balaban J connectivity index is 2.02. The van der Waals surface area contributed by atoms with Crippen LogP contribution in [-0.2, 0) is 64.0 Å². The van der Waals surface area contributed by atoms with E-state index in [-0.39, 0.29) is 93.8 Å². The van der Waals surface area contributed by atoms with Crippen molar-refractivity contribution in [3.05, 3.63) is 53.6 Å². The van der Waals surface area contributed by atoms with Crippen molar-refractivity contribution in [1.29, 1.82) is 0 Å². The number of fused-ring (bicyclic) bond motifs is 2. The Hall–Kier alpha value is -9.01. The van der Waals surface area contributed by atoms with Crippen LogP contribution in [0.3, 0.4) is 0 Å². The molecule has 0 spiro atoms. The lowest BCUT2D eigenvalue weighted by Gasteiger charge is -2.31. The molecule has 22 N–H and O–H groups in total. The summed E-state index contributed by atoms with van der Waals surface area (Å²) in [7, 11) is 1.24. The van der Waals surface area contributed by atoms with Gasteiger partial charge in [-0.15, -0.1) is 0 Å². The fourth-order valence-electron chi connectivity index (χ4n) is 9.32. The molecule has 11 atom stereocenters. The normalized spacial score (nSPS) is 24.3. The van der Waals surface area contributed by atoms with Crippen molar-refractivity contribution in [3.63, 3.8) is 0 Å². The zero-order chi connectivity index (χ0) is 68.9. The maximum absolute atomic E-state index is 14.3. The average molecular weight is 1300 g/mol. The van der Waals surface area contributed by atoms with E-state index in [1.54, 1.807) is 41.5 Å². The molecule has 0 fully saturated rings. The first-order chi connectivity index (χ1) is 43.4. The van der Waals surface area contributed by atoms with Gasteiger partial charge >= 0.3 is 11.8 Å². The van der Waals surface area contributed by atoms with Crippen molar-refractivity contribution in [2.24, 2.45) is 40.7 Å². The Morgan fingerprint density at radius 3 is 1.64 bits per heavy atom. The molecule has 0 aliphatic carbocycles. The lowest BCUT2D eigenvalue weighted by molar-refractivity contribution is -0.139. The molecule has 1 heterocycles. The molecule has 2 bridgehead atoms. The highest BCUT2D eigenvalue weighted by Crippen LogP contribution is 2.23. The predicted molar refractivity (Wildman–Crippen MR) is 335 cm³/mol. The molecule has 32 heteroatoms. The van der Waals surface area contributed by atoms with Crippen LogP contribution in [0.4, 0.5) is 5.69 Å². The molecule has 2 aromatic rings. The average Bonchev–Trinajstić information content (AvgIpc) is 0.954. The lowest BCUT2D eigenvalue weighted by atomic mass is 9.95. The number of aliphatic hydroxyl groups excluding tert-OH is 1. The molecule has 1 aliphatic rings. The number of carbonyl (C=O) groups is 13. The summed E-state index contributed by atoms with van der Waals surface area (Å²) in [6.07, 6.45) is -1.39. The summed E-state index contributed by atoms with van der Waals surface area (Å²) in [5.41, 5.74) is 28.2. The monoisotopic (exact) mass is 1290 g/mol. The van der Waals surface area contributed by atoms with Gasteiger partial charge in [0, 0.05) is 31.6 Å². The SMILES string of the molecule is CC[C@H](C)[C@@H]1NC(=O)[C@H](CCC(N)=O)NC(=O)[C@H](C(C)C)NC(=O)[C@@H](N)CCCNC(=O)[C@H]([C@@H](C)O)NC(=O)[C@H](CCCCN)NC(=O)C(=O)Nc2ccc(OC)c(c2)C(=O)NNC(=O)[C@@H](N)CCCNC(=O)[C@H](Cc2ccc(O)cc2)NC(=O)[C@H](C(C)C)NC1=O. The van der Waals surface area contributed by atoms with Gasteiger partial charge in [0.05, 0.1) is 30.9 Å². The van der Waals surface area contributed by atoms with Crippen molar-refractivity contribution < 1.29 is 77.3 Å². The number of primary amides is 1. The maximum atomic E-state index is 14.3. The van der Waals surface area contributed by atoms with Crippen molar-refractivity contribution in [2.75, 3.05) is 32.1 Å². The molecule has 3 rings (SSSR count). The number of rotatable bonds is 15. The summed E-state index contributed by atoms with van der Waals surface area (Å²) in [4.78, 5) is 177. The minimum atomic E-state index is -1.60. The fourth-order valence-corrected chi connectivity index (χ4v) is 9.32. The smallest absolute Gasteiger partial charge is 0.313 e. The highest BCUT2D eigenvalue weighted by atomic mass is 16.5. The van der Waals surface area contributed by atoms with Gasteiger partial charge in [-0.2, -0.15) is 0 Å². The number of benzene rings is 2. The standard InChI is InChI=1S/C60H94N16O16/c1-9-32(6)47-58(89)72-46(31(4)5)57(88)70-42(28-34-17-20-36(78)21-18-34)52(83)65-26-13-15-39(63)51(82)76-75-49(80)37-29-35(19-23-43(37)92-8)67-59(90)60(91)69-40(16-10-11-25-61)53(84)74-48(33(7)77)55(86)66-27-12-14-38(62)50(81)71-45(30(2)3)56(87)68-41(54(85)73-47)22-24-44(64)79/h17-21,23,29-33,38-42,45-48,77-78H,9-16,22,24-28,61-63H2,1-8H3,(H2,64,79)(H,65,83)(H,66,86)(H,67,90)(H,68,87)(H,69,91)(H,70,88)(H,71,81)(H,72,89)(H,73,85)(H,74,84)(H,75,80)(H,76,82)/t32-,33+,38-,39-,40-,41-,42-,45-,46-,47-,48-/m0/s1. The molecule has 0 aromatic heterocycles. The van der Waals surface area contributed by atoms with Gasteiger partial charge in [0.1, 0.15) is 53.8 Å². The summed E-state index contributed by atoms with van der Waals surface area (Å²) in [6.45, 7) is 11.1. The minimum absolute atomic E-state index is 0.0278. The van der Waals surface area contributed by atoms with E-state index in [9.17, 15) is 72.5 Å². The van der Waals surface area contributed by atoms with Crippen LogP contribution in [0.1, 0.15) is 129 Å². The summed E-state index contributed by atoms with van der Waals surface area (Å²) >= 11 is 0. The van der Waals surface area contributed by atoms with Crippen LogP contribution in [0.5, 0.6) is 11.5 Å². The van der Waals surface area contributed by atoms with Crippen LogP contribution < -0.4 is 91.7 Å². The van der Waals surface area contributed by atoms with Gasteiger partial charge < -0.3 is 91.1 Å². The summed E-state index contributed by atoms with van der Waals surface area (Å²) < 4.78 is 5.31. The van der Waals surface area contributed by atoms with Crippen molar-refractivity contribution in [1.82, 2.24) is 58.7 Å². The first-order valence-corrected chi connectivity index (χ1v) is 30.7. The molecular formula is C60H94N16O16. The Kier molecular flexibility index (Phi) is 32.4. The molecule has 1 aliphatic heterocycles. The van der Waals surface area contributed by atoms with E-state index in [1.165, 1.54) is 50.4 Å². The highest BCUT2D eigenvalue weighted by molar-refractivity contribution is 6.40. The first-order valence-electron chi connectivity index (χ1n) is 30.7. The van der Waals surface area contributed by atoms with Crippen LogP contribution in [0, 0.1) is 17.8 Å². The summed E-state index contributed by atoms with van der Waals surface area (Å²) in [5, 5.41) is 46.2. The van der Waals surface area contributed by atoms with E-state index in [4.69, 9.17) is 27.7 Å². The van der Waals surface area contributed by atoms with E-state index in [0.29, 0.717) is 18.4 Å². The Labute approximate surface area is 534 Å². The van der Waals surface area contributed by atoms with Gasteiger partial charge in [0.2, 0.25) is 53.2 Å². The topological polar surface area (TPSA) is 520 Å². The number of aromatic hydroxyl groups is 1. The first kappa shape index (κ1) is 77.2. The Morgan fingerprint density at radius 1 is 0.576 bits per heavy atom. The number of aliphatic hydroxyl groups is 1. The molecule has 2 aromatic carbocycles. The highest BCUT2D eigenvalue weighted by Gasteiger charge is 2.37. The number of phenols is 1. The Morgan fingerprint density at radius 2 is 1.10 bits per heavy atom. The molecule has 0 radical (unpaired) electrons. The minimum Gasteiger partial charge on any atom is -0.508 e. The fraction of sp³-hybridized carbons (Fsp3) is 0.583. The number of nitrogens with one attached hydrogen (secondary N) is 12. The third kappa shape index (κ3) is 25.3. The van der Waals surface area contributed by atoms with Gasteiger partial charge in [-0.25, -0.2) is 0 Å². The number of unbranched alkanes of at least 4 members (excludes halogenated alkanes) is 1. The number of nitrogens with two attached hydrogens (primary N) is 4. The number of phenolic OH excluding ortho intramolecular Hbond substituents is 1. The number of amides is 13. The van der Waals surface area contributed by atoms with E-state index in [2.05, 4.69) is 64.0 Å². The van der Waals surface area contributed by atoms with E-state index in [1.807, 2.05) is 0 Å². The quantitative estimate of drug-likeness (QED) is 0.0603. The molecule has 0 saturated carbocycles. The lowest BCUT2D eigenvalue weighted by Crippen LogP contribution is -2.61. The molecule has 0 saturated heterocycles. The predicted octanol–water partition coefficient (Wildman–Crippen LogP) is -3.67. The number of methoxy groups -OCH3 is 1. The van der Waals surface area contributed by atoms with E-state index >= 15 is 0 Å². The largest absolute Gasteiger partial charge is 0.508 e. The summed E-state index contributed by atoms with van der Waals surface area (Å²) in [6, 6.07) is -2.78. The number of ether oxygens (including phenoxy) is 1. The second-order valence-corrected chi connectivity index (χ2v) is 23.3. The van der Waals surface area contributed by atoms with E-state index in [0.717, 1.165) is 6.07 Å². The Bertz CT molecular complexity index is 2890. The van der Waals surface area contributed by atoms with Gasteiger partial charge in [-0.3, -0.25) is 73.2 Å². The van der Waals surface area contributed by atoms with Crippen LogP contribution in [-0.4, -0.2) is 174 Å². The number of anilines is 1. The third-order valence-electron chi connectivity index (χ3n) is 15.1. The number of hydrazine groups is 1.